The number of hydrogen-bond acceptors (Lipinski definition) is 3. The molecule has 2 aromatic carbocycles. The predicted molar refractivity (Wildman–Crippen MR) is 106 cm³/mol. The zero-order valence-corrected chi connectivity index (χ0v) is 15.6. The first-order valence-corrected chi connectivity index (χ1v) is 9.62. The van der Waals surface area contributed by atoms with E-state index in [1.54, 1.807) is 6.07 Å². The number of oxime groups is 1. The Balaban J connectivity index is 1.65. The maximum atomic E-state index is 14.1. The average molecular weight is 391 g/mol. The van der Waals surface area contributed by atoms with Crippen LogP contribution in [0.4, 0.5) is 8.78 Å². The summed E-state index contributed by atoms with van der Waals surface area (Å²) in [5.41, 5.74) is 4.00. The van der Waals surface area contributed by atoms with Crippen molar-refractivity contribution >= 4 is 11.8 Å². The molecule has 5 rings (SSSR count). The smallest absolute Gasteiger partial charge is 0.159 e. The Morgan fingerprint density at radius 3 is 2.55 bits per heavy atom. The highest BCUT2D eigenvalue weighted by molar-refractivity contribution is 6.04. The van der Waals surface area contributed by atoms with Gasteiger partial charge >= 0.3 is 0 Å². The van der Waals surface area contributed by atoms with Crippen LogP contribution in [0, 0.1) is 17.6 Å². The van der Waals surface area contributed by atoms with Gasteiger partial charge in [0, 0.05) is 29.0 Å². The van der Waals surface area contributed by atoms with Crippen LogP contribution in [0.5, 0.6) is 0 Å². The molecule has 1 saturated carbocycles. The van der Waals surface area contributed by atoms with Crippen LogP contribution in [-0.2, 0) is 11.8 Å². The lowest BCUT2D eigenvalue weighted by molar-refractivity contribution is 0.317. The van der Waals surface area contributed by atoms with Gasteiger partial charge in [-0.1, -0.05) is 53.7 Å². The van der Waals surface area contributed by atoms with Crippen molar-refractivity contribution in [3.05, 3.63) is 94.3 Å². The van der Waals surface area contributed by atoms with Crippen molar-refractivity contribution in [3.8, 4) is 0 Å². The van der Waals surface area contributed by atoms with Crippen molar-refractivity contribution in [1.29, 1.82) is 0 Å². The molecule has 1 atom stereocenters. The van der Waals surface area contributed by atoms with Crippen LogP contribution < -0.4 is 0 Å². The number of fused-ring (bicyclic) bond motifs is 1. The fourth-order valence-corrected chi connectivity index (χ4v) is 4.21. The molecule has 1 unspecified atom stereocenters. The van der Waals surface area contributed by atoms with Gasteiger partial charge in [-0.3, -0.25) is 5.10 Å². The molecule has 146 valence electrons. The van der Waals surface area contributed by atoms with Crippen molar-refractivity contribution in [3.63, 3.8) is 0 Å². The van der Waals surface area contributed by atoms with Gasteiger partial charge in [-0.05, 0) is 36.1 Å². The molecule has 1 heterocycles. The molecular weight excluding hydrogens is 372 g/mol. The number of aromatic amines is 1. The van der Waals surface area contributed by atoms with E-state index in [-0.39, 0.29) is 5.92 Å². The summed E-state index contributed by atoms with van der Waals surface area (Å²) in [7, 11) is 0. The van der Waals surface area contributed by atoms with E-state index < -0.39 is 17.0 Å². The van der Waals surface area contributed by atoms with E-state index in [1.165, 1.54) is 12.1 Å². The van der Waals surface area contributed by atoms with Crippen LogP contribution >= 0.6 is 0 Å². The van der Waals surface area contributed by atoms with Gasteiger partial charge in [-0.2, -0.15) is 5.10 Å². The van der Waals surface area contributed by atoms with Crippen LogP contribution in [-0.4, -0.2) is 21.1 Å². The largest absolute Gasteiger partial charge is 0.411 e. The van der Waals surface area contributed by atoms with Gasteiger partial charge in [0.15, 0.2) is 11.6 Å². The quantitative estimate of drug-likeness (QED) is 0.380. The Labute approximate surface area is 166 Å². The van der Waals surface area contributed by atoms with Gasteiger partial charge in [-0.25, -0.2) is 8.78 Å². The minimum absolute atomic E-state index is 0.243. The van der Waals surface area contributed by atoms with Gasteiger partial charge in [-0.15, -0.1) is 0 Å². The van der Waals surface area contributed by atoms with E-state index in [0.29, 0.717) is 23.4 Å². The third-order valence-corrected chi connectivity index (χ3v) is 5.91. The van der Waals surface area contributed by atoms with Crippen LogP contribution in [0.3, 0.4) is 0 Å². The van der Waals surface area contributed by atoms with Gasteiger partial charge in [0.2, 0.25) is 0 Å². The Bertz CT molecular complexity index is 1130. The van der Waals surface area contributed by atoms with Crippen LogP contribution in [0.2, 0.25) is 0 Å². The summed E-state index contributed by atoms with van der Waals surface area (Å²) in [6.45, 7) is 0. The average Bonchev–Trinajstić information content (AvgIpc) is 3.51. The molecule has 6 heteroatoms. The molecule has 2 aliphatic rings. The lowest BCUT2D eigenvalue weighted by atomic mass is 9.68. The molecule has 0 saturated heterocycles. The van der Waals surface area contributed by atoms with E-state index in [1.807, 2.05) is 42.5 Å². The molecule has 29 heavy (non-hydrogen) atoms. The predicted octanol–water partition coefficient (Wildman–Crippen LogP) is 4.83. The molecule has 2 aliphatic carbocycles. The van der Waals surface area contributed by atoms with E-state index >= 15 is 0 Å². The number of halogens is 2. The van der Waals surface area contributed by atoms with Crippen molar-refractivity contribution in [2.24, 2.45) is 11.1 Å². The summed E-state index contributed by atoms with van der Waals surface area (Å²) in [4.78, 5) is 0. The highest BCUT2D eigenvalue weighted by Crippen LogP contribution is 2.43. The van der Waals surface area contributed by atoms with Crippen molar-refractivity contribution in [2.45, 2.75) is 24.7 Å². The highest BCUT2D eigenvalue weighted by Gasteiger charge is 2.39. The number of H-pyrrole nitrogens is 1. The fraction of sp³-hybridized carbons (Fsp3) is 0.217. The monoisotopic (exact) mass is 391 g/mol. The fourth-order valence-electron chi connectivity index (χ4n) is 4.21. The Morgan fingerprint density at radius 2 is 1.86 bits per heavy atom. The van der Waals surface area contributed by atoms with Crippen molar-refractivity contribution in [2.75, 3.05) is 0 Å². The summed E-state index contributed by atoms with van der Waals surface area (Å²) >= 11 is 0. The molecule has 0 amide bonds. The lowest BCUT2D eigenvalue weighted by Gasteiger charge is -2.34. The zero-order chi connectivity index (χ0) is 20.0. The van der Waals surface area contributed by atoms with E-state index in [2.05, 4.69) is 15.4 Å². The molecule has 0 aliphatic heterocycles. The summed E-state index contributed by atoms with van der Waals surface area (Å²) in [6, 6.07) is 13.8. The molecule has 4 nitrogen and oxygen atoms in total. The minimum Gasteiger partial charge on any atom is -0.411 e. The topological polar surface area (TPSA) is 61.3 Å². The number of aromatic nitrogens is 2. The Hall–Kier alpha value is -3.28. The summed E-state index contributed by atoms with van der Waals surface area (Å²) in [5, 5.41) is 20.4. The van der Waals surface area contributed by atoms with Gasteiger partial charge < -0.3 is 5.21 Å². The van der Waals surface area contributed by atoms with E-state index in [0.717, 1.165) is 29.7 Å². The zero-order valence-electron chi connectivity index (χ0n) is 15.6. The second kappa shape index (κ2) is 6.65. The number of benzene rings is 2. The van der Waals surface area contributed by atoms with Crippen LogP contribution in [0.1, 0.15) is 40.9 Å². The lowest BCUT2D eigenvalue weighted by Crippen LogP contribution is -2.31. The van der Waals surface area contributed by atoms with Gasteiger partial charge in [0.05, 0.1) is 0 Å². The minimum atomic E-state index is -0.870. The van der Waals surface area contributed by atoms with Crippen molar-refractivity contribution < 1.29 is 14.0 Å². The molecule has 0 radical (unpaired) electrons. The normalized spacial score (nSPS) is 21.2. The summed E-state index contributed by atoms with van der Waals surface area (Å²) in [6.07, 6.45) is 6.45. The molecule has 1 fully saturated rings. The summed E-state index contributed by atoms with van der Waals surface area (Å²) in [5.74, 6) is -1.49. The number of rotatable bonds is 4. The van der Waals surface area contributed by atoms with Gasteiger partial charge in [0.25, 0.3) is 0 Å². The highest BCUT2D eigenvalue weighted by atomic mass is 19.2. The number of allylic oxidation sites excluding steroid dienone is 1. The number of nitrogens with zero attached hydrogens (tertiary/aromatic N) is 2. The second-order valence-electron chi connectivity index (χ2n) is 7.70. The molecule has 2 N–H and O–H groups in total. The molecule has 0 spiro atoms. The van der Waals surface area contributed by atoms with E-state index in [4.69, 9.17) is 0 Å². The second-order valence-corrected chi connectivity index (χ2v) is 7.70. The first-order valence-electron chi connectivity index (χ1n) is 9.62. The Kier molecular flexibility index (Phi) is 4.08. The standard InChI is InChI=1S/C23H19F2N3O/c24-18-9-8-16(12-19(18)25)23(15-4-2-1-3-5-15)11-10-17-20(13-23)26-27-22(17)21(28-29)14-6-7-14/h1-5,8-12,14,29H,6-7,13H2,(H,26,27)/b28-21+. The van der Waals surface area contributed by atoms with Crippen LogP contribution in [0.25, 0.3) is 6.08 Å². The summed E-state index contributed by atoms with van der Waals surface area (Å²) < 4.78 is 27.7. The third kappa shape index (κ3) is 2.87. The first-order chi connectivity index (χ1) is 14.1. The molecule has 0 bridgehead atoms. The van der Waals surface area contributed by atoms with Crippen molar-refractivity contribution in [1.82, 2.24) is 10.2 Å². The number of hydrogen-bond donors (Lipinski definition) is 2. The molecule has 3 aromatic rings. The molecular formula is C23H19F2N3O. The van der Waals surface area contributed by atoms with Crippen LogP contribution in [0.15, 0.2) is 59.8 Å². The third-order valence-electron chi connectivity index (χ3n) is 5.91. The molecule has 1 aromatic heterocycles. The SMILES string of the molecule is O/N=C(/c1n[nH]c2c1C=CC(c1ccccc1)(c1ccc(F)c(F)c1)C2)C1CC1. The van der Waals surface area contributed by atoms with E-state index in [9.17, 15) is 14.0 Å². The first kappa shape index (κ1) is 17.8. The maximum absolute atomic E-state index is 14.1. The number of nitrogens with one attached hydrogen (secondary N) is 1. The maximum Gasteiger partial charge on any atom is 0.159 e. The Morgan fingerprint density at radius 1 is 1.07 bits per heavy atom. The van der Waals surface area contributed by atoms with Gasteiger partial charge in [0.1, 0.15) is 11.4 Å².